The molecule has 88 valence electrons. The predicted molar refractivity (Wildman–Crippen MR) is 66.4 cm³/mol. The van der Waals surface area contributed by atoms with Crippen molar-refractivity contribution >= 4 is 16.8 Å². The van der Waals surface area contributed by atoms with Gasteiger partial charge in [0.25, 0.3) is 0 Å². The third-order valence-corrected chi connectivity index (χ3v) is 2.89. The topological polar surface area (TPSA) is 72.5 Å². The summed E-state index contributed by atoms with van der Waals surface area (Å²) in [6.07, 6.45) is 0. The summed E-state index contributed by atoms with van der Waals surface area (Å²) in [4.78, 5) is 0.218. The van der Waals surface area contributed by atoms with E-state index >= 15 is 0 Å². The summed E-state index contributed by atoms with van der Waals surface area (Å²) >= 11 is -2.09. The van der Waals surface area contributed by atoms with Crippen molar-refractivity contribution in [3.8, 4) is 11.5 Å². The summed E-state index contributed by atoms with van der Waals surface area (Å²) in [6.45, 7) is 0. The molecular weight excluding hydrogens is 238 g/mol. The van der Waals surface area contributed by atoms with Crippen LogP contribution in [0.3, 0.4) is 0 Å². The maximum atomic E-state index is 11.1. The lowest BCUT2D eigenvalue weighted by atomic mass is 10.3. The first kappa shape index (κ1) is 11.6. The first-order valence-electron chi connectivity index (χ1n) is 4.90. The second-order valence-electron chi connectivity index (χ2n) is 3.34. The Hall–Kier alpha value is -1.85. The second kappa shape index (κ2) is 4.99. The van der Waals surface area contributed by atoms with E-state index < -0.39 is 11.1 Å². The minimum absolute atomic E-state index is 0.218. The molecule has 0 aliphatic rings. The highest BCUT2D eigenvalue weighted by Crippen LogP contribution is 2.30. The van der Waals surface area contributed by atoms with E-state index in [9.17, 15) is 4.21 Å². The normalized spacial score (nSPS) is 12.1. The van der Waals surface area contributed by atoms with Crippen LogP contribution in [-0.2, 0) is 11.1 Å². The molecule has 5 heteroatoms. The van der Waals surface area contributed by atoms with Crippen molar-refractivity contribution in [1.82, 2.24) is 0 Å². The first-order valence-corrected chi connectivity index (χ1v) is 6.01. The van der Waals surface area contributed by atoms with Gasteiger partial charge in [0, 0.05) is 0 Å². The lowest BCUT2D eigenvalue weighted by Crippen LogP contribution is -1.96. The molecule has 1 atom stereocenters. The standard InChI is InChI=1S/C12H11NO3S/c13-9-5-1-2-6-10(9)16-11-7-3-4-8-12(11)17(14)15/h1-8H,13H2,(H,14,15). The van der Waals surface area contributed by atoms with Crippen LogP contribution in [-0.4, -0.2) is 8.76 Å². The fourth-order valence-electron chi connectivity index (χ4n) is 1.37. The van der Waals surface area contributed by atoms with Gasteiger partial charge in [-0.15, -0.1) is 0 Å². The molecule has 0 aromatic heterocycles. The maximum Gasteiger partial charge on any atom is 0.190 e. The van der Waals surface area contributed by atoms with Crippen molar-refractivity contribution in [2.75, 3.05) is 5.73 Å². The Morgan fingerprint density at radius 3 is 2.24 bits per heavy atom. The van der Waals surface area contributed by atoms with Crippen molar-refractivity contribution < 1.29 is 13.5 Å². The number of nitrogens with two attached hydrogens (primary N) is 1. The molecule has 0 radical (unpaired) electrons. The van der Waals surface area contributed by atoms with Crippen molar-refractivity contribution in [3.05, 3.63) is 48.5 Å². The number of ether oxygens (including phenoxy) is 1. The van der Waals surface area contributed by atoms with Crippen LogP contribution in [0.5, 0.6) is 11.5 Å². The minimum Gasteiger partial charge on any atom is -0.454 e. The molecule has 0 bridgehead atoms. The number of nitrogen functional groups attached to an aromatic ring is 1. The van der Waals surface area contributed by atoms with Crippen LogP contribution in [0.1, 0.15) is 0 Å². The Labute approximate surface area is 101 Å². The van der Waals surface area contributed by atoms with Gasteiger partial charge in [0.2, 0.25) is 0 Å². The maximum absolute atomic E-state index is 11.1. The van der Waals surface area contributed by atoms with Crippen molar-refractivity contribution in [3.63, 3.8) is 0 Å². The van der Waals surface area contributed by atoms with E-state index in [4.69, 9.17) is 15.0 Å². The average Bonchev–Trinajstić information content (AvgIpc) is 2.32. The summed E-state index contributed by atoms with van der Waals surface area (Å²) in [5.41, 5.74) is 6.21. The highest BCUT2D eigenvalue weighted by Gasteiger charge is 2.10. The molecule has 3 N–H and O–H groups in total. The molecule has 0 saturated carbocycles. The fourth-order valence-corrected chi connectivity index (χ4v) is 1.85. The van der Waals surface area contributed by atoms with Crippen LogP contribution >= 0.6 is 0 Å². The summed E-state index contributed by atoms with van der Waals surface area (Å²) in [7, 11) is 0. The highest BCUT2D eigenvalue weighted by atomic mass is 32.2. The number of hydrogen-bond donors (Lipinski definition) is 2. The zero-order valence-electron chi connectivity index (χ0n) is 8.87. The lowest BCUT2D eigenvalue weighted by molar-refractivity contribution is 0.467. The Bertz CT molecular complexity index is 557. The number of rotatable bonds is 3. The van der Waals surface area contributed by atoms with Crippen LogP contribution in [0.2, 0.25) is 0 Å². The minimum atomic E-state index is -2.09. The van der Waals surface area contributed by atoms with E-state index in [0.29, 0.717) is 17.2 Å². The van der Waals surface area contributed by atoms with E-state index in [0.717, 1.165) is 0 Å². The van der Waals surface area contributed by atoms with Gasteiger partial charge in [-0.2, -0.15) is 0 Å². The van der Waals surface area contributed by atoms with Gasteiger partial charge < -0.3 is 15.0 Å². The summed E-state index contributed by atoms with van der Waals surface area (Å²) < 4.78 is 25.7. The molecular formula is C12H11NO3S. The van der Waals surface area contributed by atoms with Gasteiger partial charge in [0.15, 0.2) is 11.1 Å². The van der Waals surface area contributed by atoms with Gasteiger partial charge in [-0.25, -0.2) is 4.21 Å². The quantitative estimate of drug-likeness (QED) is 0.648. The molecule has 0 amide bonds. The van der Waals surface area contributed by atoms with Gasteiger partial charge in [-0.05, 0) is 24.3 Å². The van der Waals surface area contributed by atoms with Crippen LogP contribution < -0.4 is 10.5 Å². The number of hydrogen-bond acceptors (Lipinski definition) is 3. The monoisotopic (exact) mass is 249 g/mol. The lowest BCUT2D eigenvalue weighted by Gasteiger charge is -2.10. The molecule has 2 aromatic carbocycles. The van der Waals surface area contributed by atoms with Crippen molar-refractivity contribution in [2.45, 2.75) is 4.90 Å². The number of benzene rings is 2. The Morgan fingerprint density at radius 1 is 1.00 bits per heavy atom. The molecule has 17 heavy (non-hydrogen) atoms. The molecule has 2 aromatic rings. The molecule has 0 fully saturated rings. The third kappa shape index (κ3) is 2.64. The largest absolute Gasteiger partial charge is 0.454 e. The first-order chi connectivity index (χ1) is 8.18. The highest BCUT2D eigenvalue weighted by molar-refractivity contribution is 7.79. The Balaban J connectivity index is 2.37. The van der Waals surface area contributed by atoms with E-state index in [1.54, 1.807) is 42.5 Å². The molecule has 0 aliphatic heterocycles. The smallest absolute Gasteiger partial charge is 0.190 e. The van der Waals surface area contributed by atoms with Crippen molar-refractivity contribution in [2.24, 2.45) is 0 Å². The molecule has 0 spiro atoms. The van der Waals surface area contributed by atoms with Gasteiger partial charge in [-0.1, -0.05) is 24.3 Å². The molecule has 0 saturated heterocycles. The van der Waals surface area contributed by atoms with E-state index in [1.165, 1.54) is 6.07 Å². The predicted octanol–water partition coefficient (Wildman–Crippen LogP) is 2.64. The van der Waals surface area contributed by atoms with Gasteiger partial charge in [0.1, 0.15) is 16.4 Å². The van der Waals surface area contributed by atoms with Crippen LogP contribution in [0.15, 0.2) is 53.4 Å². The summed E-state index contributed by atoms with van der Waals surface area (Å²) in [5.74, 6) is 0.789. The summed E-state index contributed by atoms with van der Waals surface area (Å²) in [6, 6.07) is 13.5. The molecule has 1 unspecified atom stereocenters. The van der Waals surface area contributed by atoms with E-state index in [2.05, 4.69) is 0 Å². The van der Waals surface area contributed by atoms with Crippen LogP contribution in [0, 0.1) is 0 Å². The van der Waals surface area contributed by atoms with E-state index in [1.807, 2.05) is 0 Å². The second-order valence-corrected chi connectivity index (χ2v) is 4.27. The fraction of sp³-hybridized carbons (Fsp3) is 0. The molecule has 0 heterocycles. The number of para-hydroxylation sites is 3. The zero-order valence-corrected chi connectivity index (χ0v) is 9.68. The summed E-state index contributed by atoms with van der Waals surface area (Å²) in [5, 5.41) is 0. The Kier molecular flexibility index (Phi) is 3.41. The van der Waals surface area contributed by atoms with E-state index in [-0.39, 0.29) is 4.90 Å². The van der Waals surface area contributed by atoms with Crippen molar-refractivity contribution in [1.29, 1.82) is 0 Å². The van der Waals surface area contributed by atoms with Gasteiger partial charge in [0.05, 0.1) is 5.69 Å². The zero-order chi connectivity index (χ0) is 12.3. The number of anilines is 1. The SMILES string of the molecule is Nc1ccccc1Oc1ccccc1S(=O)O. The third-order valence-electron chi connectivity index (χ3n) is 2.18. The Morgan fingerprint density at radius 2 is 1.59 bits per heavy atom. The van der Waals surface area contributed by atoms with Crippen LogP contribution in [0.4, 0.5) is 5.69 Å². The van der Waals surface area contributed by atoms with Gasteiger partial charge in [-0.3, -0.25) is 0 Å². The molecule has 4 nitrogen and oxygen atoms in total. The van der Waals surface area contributed by atoms with Crippen LogP contribution in [0.25, 0.3) is 0 Å². The average molecular weight is 249 g/mol. The molecule has 0 aliphatic carbocycles. The van der Waals surface area contributed by atoms with Gasteiger partial charge >= 0.3 is 0 Å². The molecule has 2 rings (SSSR count).